The molecule has 1 amide bonds. The smallest absolute Gasteiger partial charge is 0.291 e. The number of nitrogens with one attached hydrogen (secondary N) is 1. The van der Waals surface area contributed by atoms with Crippen LogP contribution in [0.25, 0.3) is 16.0 Å². The second-order valence-corrected chi connectivity index (χ2v) is 6.74. The molecule has 0 aromatic carbocycles. The van der Waals surface area contributed by atoms with Crippen molar-refractivity contribution in [3.8, 4) is 0 Å². The summed E-state index contributed by atoms with van der Waals surface area (Å²) in [4.78, 5) is 37.2. The van der Waals surface area contributed by atoms with Crippen LogP contribution in [0.4, 0.5) is 0 Å². The van der Waals surface area contributed by atoms with Gasteiger partial charge in [0.15, 0.2) is 0 Å². The van der Waals surface area contributed by atoms with E-state index in [1.54, 1.807) is 6.07 Å². The van der Waals surface area contributed by atoms with Crippen LogP contribution < -0.4 is 10.9 Å². The molecule has 10 heteroatoms. The lowest BCUT2D eigenvalue weighted by Crippen LogP contribution is -2.31. The van der Waals surface area contributed by atoms with Crippen LogP contribution in [-0.4, -0.2) is 41.6 Å². The molecule has 0 saturated heterocycles. The van der Waals surface area contributed by atoms with Gasteiger partial charge in [0.1, 0.15) is 4.70 Å². The summed E-state index contributed by atoms with van der Waals surface area (Å²) in [6, 6.07) is 3.67. The Morgan fingerprint density at radius 2 is 2.15 bits per heavy atom. The van der Waals surface area contributed by atoms with Gasteiger partial charge in [0.25, 0.3) is 17.2 Å². The number of hydrogen-bond donors (Lipinski definition) is 1. The molecule has 0 fully saturated rings. The molecule has 0 aliphatic heterocycles. The van der Waals surface area contributed by atoms with Crippen LogP contribution in [0.2, 0.25) is 0 Å². The highest BCUT2D eigenvalue weighted by atomic mass is 32.1. The fourth-order valence-corrected chi connectivity index (χ4v) is 3.46. The lowest BCUT2D eigenvalue weighted by molar-refractivity contribution is 0.0942. The summed E-state index contributed by atoms with van der Waals surface area (Å²) in [6.45, 7) is 4.31. The second kappa shape index (κ2) is 6.30. The summed E-state index contributed by atoms with van der Waals surface area (Å²) in [5.41, 5.74) is 2.24. The van der Waals surface area contributed by atoms with Gasteiger partial charge in [-0.3, -0.25) is 14.2 Å². The molecule has 4 heterocycles. The molecule has 0 atom stereocenters. The maximum Gasteiger partial charge on any atom is 0.291 e. The molecule has 0 unspecified atom stereocenters. The van der Waals surface area contributed by atoms with Crippen molar-refractivity contribution < 1.29 is 4.79 Å². The van der Waals surface area contributed by atoms with Gasteiger partial charge in [-0.05, 0) is 31.4 Å². The summed E-state index contributed by atoms with van der Waals surface area (Å²) in [5, 5.41) is 8.74. The van der Waals surface area contributed by atoms with Crippen LogP contribution in [0.5, 0.6) is 0 Å². The summed E-state index contributed by atoms with van der Waals surface area (Å²) >= 11 is 1.36. The van der Waals surface area contributed by atoms with Gasteiger partial charge in [-0.15, -0.1) is 16.4 Å². The van der Waals surface area contributed by atoms with Crippen LogP contribution in [0.1, 0.15) is 22.0 Å². The molecule has 1 N–H and O–H groups in total. The number of fused-ring (bicyclic) bond motifs is 2. The fourth-order valence-electron chi connectivity index (χ4n) is 2.67. The van der Waals surface area contributed by atoms with Crippen molar-refractivity contribution >= 4 is 33.2 Å². The van der Waals surface area contributed by atoms with Crippen molar-refractivity contribution in [1.82, 2.24) is 34.4 Å². The molecule has 0 aliphatic rings. The number of hydrogen-bond acceptors (Lipinski definition) is 7. The van der Waals surface area contributed by atoms with Gasteiger partial charge in [0.05, 0.1) is 11.8 Å². The zero-order chi connectivity index (χ0) is 18.3. The number of amides is 1. The third-order valence-electron chi connectivity index (χ3n) is 3.90. The van der Waals surface area contributed by atoms with Crippen molar-refractivity contribution in [1.29, 1.82) is 0 Å². The number of carbonyl (C=O) groups excluding carboxylic acids is 1. The van der Waals surface area contributed by atoms with E-state index in [9.17, 15) is 9.59 Å². The number of aromatic nitrogens is 6. The van der Waals surface area contributed by atoms with Crippen LogP contribution >= 0.6 is 11.3 Å². The molecule has 0 bridgehead atoms. The van der Waals surface area contributed by atoms with E-state index in [0.717, 1.165) is 11.4 Å². The van der Waals surface area contributed by atoms with E-state index < -0.39 is 5.91 Å². The van der Waals surface area contributed by atoms with Crippen molar-refractivity contribution in [2.75, 3.05) is 6.54 Å². The average molecular weight is 369 g/mol. The van der Waals surface area contributed by atoms with Crippen molar-refractivity contribution in [2.24, 2.45) is 0 Å². The predicted octanol–water partition coefficient (Wildman–Crippen LogP) is 0.943. The Balaban J connectivity index is 1.47. The summed E-state index contributed by atoms with van der Waals surface area (Å²) in [7, 11) is 0. The maximum atomic E-state index is 12.3. The van der Waals surface area contributed by atoms with Crippen LogP contribution in [-0.2, 0) is 6.54 Å². The molecular weight excluding hydrogens is 354 g/mol. The third kappa shape index (κ3) is 2.84. The van der Waals surface area contributed by atoms with E-state index in [1.807, 2.05) is 25.3 Å². The van der Waals surface area contributed by atoms with E-state index in [1.165, 1.54) is 26.7 Å². The first-order valence-corrected chi connectivity index (χ1v) is 8.83. The highest BCUT2D eigenvalue weighted by molar-refractivity contribution is 7.17. The summed E-state index contributed by atoms with van der Waals surface area (Å²) in [6.07, 6.45) is 1.49. The van der Waals surface area contributed by atoms with E-state index in [2.05, 4.69) is 25.4 Å². The fraction of sp³-hybridized carbons (Fsp3) is 0.250. The molecule has 0 saturated carbocycles. The minimum atomic E-state index is -0.411. The van der Waals surface area contributed by atoms with E-state index in [-0.39, 0.29) is 17.9 Å². The van der Waals surface area contributed by atoms with Crippen LogP contribution in [0, 0.1) is 13.8 Å². The lowest BCUT2D eigenvalue weighted by atomic mass is 10.4. The minimum Gasteiger partial charge on any atom is -0.347 e. The number of rotatable bonds is 4. The molecule has 132 valence electrons. The largest absolute Gasteiger partial charge is 0.347 e. The van der Waals surface area contributed by atoms with Crippen molar-refractivity contribution in [3.05, 3.63) is 51.4 Å². The van der Waals surface area contributed by atoms with E-state index in [4.69, 9.17) is 0 Å². The molecular formula is C16H15N7O2S. The monoisotopic (exact) mass is 369 g/mol. The zero-order valence-electron chi connectivity index (χ0n) is 14.1. The van der Waals surface area contributed by atoms with E-state index >= 15 is 0 Å². The Bertz CT molecular complexity index is 1190. The van der Waals surface area contributed by atoms with Crippen molar-refractivity contribution in [3.63, 3.8) is 0 Å². The first kappa shape index (κ1) is 16.3. The first-order valence-electron chi connectivity index (χ1n) is 7.95. The van der Waals surface area contributed by atoms with Gasteiger partial charge >= 0.3 is 0 Å². The number of nitrogens with zero attached hydrogens (tertiary/aromatic N) is 6. The highest BCUT2D eigenvalue weighted by Crippen LogP contribution is 2.12. The second-order valence-electron chi connectivity index (χ2n) is 5.82. The Hall–Kier alpha value is -3.14. The Morgan fingerprint density at radius 1 is 1.31 bits per heavy atom. The first-order chi connectivity index (χ1) is 12.5. The molecule has 4 aromatic rings. The molecule has 0 spiro atoms. The molecule has 4 rings (SSSR count). The minimum absolute atomic E-state index is 0.0466. The Morgan fingerprint density at radius 3 is 3.00 bits per heavy atom. The molecule has 9 nitrogen and oxygen atoms in total. The normalized spacial score (nSPS) is 11.3. The molecule has 26 heavy (non-hydrogen) atoms. The van der Waals surface area contributed by atoms with Crippen LogP contribution in [0.3, 0.4) is 0 Å². The third-order valence-corrected chi connectivity index (χ3v) is 4.79. The molecule has 0 radical (unpaired) electrons. The van der Waals surface area contributed by atoms with Gasteiger partial charge in [-0.1, -0.05) is 0 Å². The number of carbonyl (C=O) groups is 1. The van der Waals surface area contributed by atoms with Crippen LogP contribution in [0.15, 0.2) is 28.6 Å². The molecule has 0 aliphatic carbocycles. The zero-order valence-corrected chi connectivity index (χ0v) is 14.9. The average Bonchev–Trinajstić information content (AvgIpc) is 3.23. The maximum absolute atomic E-state index is 12.3. The Kier molecular flexibility index (Phi) is 3.96. The summed E-state index contributed by atoms with van der Waals surface area (Å²) in [5.74, 6) is 0.0207. The Labute approximate surface area is 151 Å². The van der Waals surface area contributed by atoms with Gasteiger partial charge < -0.3 is 5.32 Å². The SMILES string of the molecule is Cc1cc(C)n2nc(C(=O)NCCn3cnc4ccsc4c3=O)nc2n1. The van der Waals surface area contributed by atoms with Gasteiger partial charge in [0.2, 0.25) is 5.82 Å². The lowest BCUT2D eigenvalue weighted by Gasteiger charge is -2.05. The highest BCUT2D eigenvalue weighted by Gasteiger charge is 2.14. The predicted molar refractivity (Wildman–Crippen MR) is 96.5 cm³/mol. The van der Waals surface area contributed by atoms with Gasteiger partial charge in [-0.2, -0.15) is 4.98 Å². The van der Waals surface area contributed by atoms with Crippen molar-refractivity contribution in [2.45, 2.75) is 20.4 Å². The van der Waals surface area contributed by atoms with E-state index in [0.29, 0.717) is 22.5 Å². The standard InChI is InChI=1S/C16H15N7O2S/c1-9-7-10(2)23-16(19-9)20-13(21-23)14(24)17-4-5-22-8-18-11-3-6-26-12(11)15(22)25/h3,6-8H,4-5H2,1-2H3,(H,17,24). The summed E-state index contributed by atoms with van der Waals surface area (Å²) < 4.78 is 3.62. The van der Waals surface area contributed by atoms with Gasteiger partial charge in [-0.25, -0.2) is 14.5 Å². The number of aryl methyl sites for hydroxylation is 2. The number of thiophene rings is 1. The topological polar surface area (TPSA) is 107 Å². The quantitative estimate of drug-likeness (QED) is 0.574. The van der Waals surface area contributed by atoms with Gasteiger partial charge in [0, 0.05) is 24.5 Å². The molecule has 4 aromatic heterocycles.